The lowest BCUT2D eigenvalue weighted by molar-refractivity contribution is 0.450. The van der Waals surface area contributed by atoms with Crippen molar-refractivity contribution in [3.8, 4) is 0 Å². The summed E-state index contributed by atoms with van der Waals surface area (Å²) in [6.45, 7) is 7.78. The van der Waals surface area contributed by atoms with Crippen LogP contribution in [0.2, 0.25) is 0 Å². The van der Waals surface area contributed by atoms with Crippen LogP contribution in [0.15, 0.2) is 18.2 Å². The van der Waals surface area contributed by atoms with Gasteiger partial charge in [0, 0.05) is 18.8 Å². The second-order valence-corrected chi connectivity index (χ2v) is 4.94. The molecule has 17 heavy (non-hydrogen) atoms. The topological polar surface area (TPSA) is 24.1 Å². The third-order valence-corrected chi connectivity index (χ3v) is 3.84. The summed E-state index contributed by atoms with van der Waals surface area (Å²) in [6, 6.07) is 6.65. The van der Waals surface area contributed by atoms with Crippen LogP contribution in [0.3, 0.4) is 0 Å². The quantitative estimate of drug-likeness (QED) is 0.787. The number of hydrogen-bond acceptors (Lipinski definition) is 2. The zero-order chi connectivity index (χ0) is 12.1. The molecule has 2 nitrogen and oxygen atoms in total. The van der Waals surface area contributed by atoms with E-state index in [1.807, 2.05) is 0 Å². The number of fused-ring (bicyclic) bond motifs is 1. The number of benzene rings is 1. The van der Waals surface area contributed by atoms with Gasteiger partial charge in [-0.2, -0.15) is 0 Å². The first-order valence-corrected chi connectivity index (χ1v) is 6.90. The van der Waals surface area contributed by atoms with Crippen LogP contribution in [0, 0.1) is 5.92 Å². The largest absolute Gasteiger partial charge is 0.384 e. The molecule has 1 aromatic rings. The number of rotatable bonds is 6. The molecule has 1 heterocycles. The Kier molecular flexibility index (Phi) is 4.43. The van der Waals surface area contributed by atoms with Gasteiger partial charge >= 0.3 is 0 Å². The minimum absolute atomic E-state index is 0.819. The summed E-state index contributed by atoms with van der Waals surface area (Å²) in [5.41, 5.74) is 4.28. The second kappa shape index (κ2) is 6.06. The lowest BCUT2D eigenvalue weighted by atomic mass is 10.0. The molecule has 0 fully saturated rings. The van der Waals surface area contributed by atoms with E-state index < -0.39 is 0 Å². The molecule has 0 aliphatic carbocycles. The van der Waals surface area contributed by atoms with Gasteiger partial charge in [0.15, 0.2) is 0 Å². The number of nitrogens with one attached hydrogen (secondary N) is 2. The summed E-state index contributed by atoms with van der Waals surface area (Å²) >= 11 is 0. The van der Waals surface area contributed by atoms with Crippen molar-refractivity contribution in [2.24, 2.45) is 5.92 Å². The Morgan fingerprint density at radius 3 is 2.88 bits per heavy atom. The van der Waals surface area contributed by atoms with Crippen molar-refractivity contribution in [3.05, 3.63) is 29.3 Å². The molecule has 0 spiro atoms. The van der Waals surface area contributed by atoms with E-state index in [1.54, 1.807) is 0 Å². The van der Waals surface area contributed by atoms with Crippen LogP contribution in [0.1, 0.15) is 37.8 Å². The molecule has 1 aromatic carbocycles. The van der Waals surface area contributed by atoms with Crippen molar-refractivity contribution >= 4 is 5.69 Å². The average Bonchev–Trinajstić information content (AvgIpc) is 2.83. The fourth-order valence-electron chi connectivity index (χ4n) is 2.55. The molecular formula is C15H24N2. The second-order valence-electron chi connectivity index (χ2n) is 4.94. The lowest BCUT2D eigenvalue weighted by Crippen LogP contribution is -2.22. The Hall–Kier alpha value is -1.02. The first-order chi connectivity index (χ1) is 8.35. The van der Waals surface area contributed by atoms with Gasteiger partial charge in [0.05, 0.1) is 0 Å². The number of para-hydroxylation sites is 1. The van der Waals surface area contributed by atoms with Gasteiger partial charge < -0.3 is 10.6 Å². The van der Waals surface area contributed by atoms with Crippen LogP contribution in [0.4, 0.5) is 5.69 Å². The average molecular weight is 232 g/mol. The molecule has 2 heteroatoms. The maximum absolute atomic E-state index is 3.59. The van der Waals surface area contributed by atoms with E-state index in [0.717, 1.165) is 25.6 Å². The summed E-state index contributed by atoms with van der Waals surface area (Å²) in [6.07, 6.45) is 3.72. The zero-order valence-electron chi connectivity index (χ0n) is 11.1. The predicted octanol–water partition coefficient (Wildman–Crippen LogP) is 3.18. The third kappa shape index (κ3) is 3.01. The molecule has 2 rings (SSSR count). The summed E-state index contributed by atoms with van der Waals surface area (Å²) in [5.74, 6) is 0.819. The van der Waals surface area contributed by atoms with Crippen molar-refractivity contribution in [2.45, 2.75) is 39.7 Å². The van der Waals surface area contributed by atoms with Crippen LogP contribution in [0.25, 0.3) is 0 Å². The standard InChI is InChI=1S/C15H24N2/c1-3-12(4-2)10-16-11-14-7-5-6-13-8-9-17-15(13)14/h5-7,12,16-17H,3-4,8-11H2,1-2H3. The molecule has 1 aliphatic heterocycles. The van der Waals surface area contributed by atoms with Gasteiger partial charge in [-0.15, -0.1) is 0 Å². The third-order valence-electron chi connectivity index (χ3n) is 3.84. The Bertz CT molecular complexity index is 356. The monoisotopic (exact) mass is 232 g/mol. The first kappa shape index (κ1) is 12.4. The van der Waals surface area contributed by atoms with E-state index in [2.05, 4.69) is 42.7 Å². The highest BCUT2D eigenvalue weighted by molar-refractivity contribution is 5.61. The van der Waals surface area contributed by atoms with Gasteiger partial charge in [0.1, 0.15) is 0 Å². The van der Waals surface area contributed by atoms with Gasteiger partial charge in [0.2, 0.25) is 0 Å². The summed E-state index contributed by atoms with van der Waals surface area (Å²) < 4.78 is 0. The molecule has 0 unspecified atom stereocenters. The Morgan fingerprint density at radius 2 is 2.12 bits per heavy atom. The molecule has 0 bridgehead atoms. The molecule has 0 radical (unpaired) electrons. The molecule has 0 saturated carbocycles. The van der Waals surface area contributed by atoms with Gasteiger partial charge in [-0.05, 0) is 30.0 Å². The highest BCUT2D eigenvalue weighted by Gasteiger charge is 2.13. The predicted molar refractivity (Wildman–Crippen MR) is 74.4 cm³/mol. The van der Waals surface area contributed by atoms with Crippen LogP contribution in [-0.2, 0) is 13.0 Å². The lowest BCUT2D eigenvalue weighted by Gasteiger charge is -2.14. The van der Waals surface area contributed by atoms with Crippen molar-refractivity contribution in [1.82, 2.24) is 5.32 Å². The summed E-state index contributed by atoms with van der Waals surface area (Å²) in [5, 5.41) is 7.09. The van der Waals surface area contributed by atoms with Crippen LogP contribution < -0.4 is 10.6 Å². The van der Waals surface area contributed by atoms with Gasteiger partial charge in [0.25, 0.3) is 0 Å². The molecule has 0 saturated heterocycles. The minimum atomic E-state index is 0.819. The van der Waals surface area contributed by atoms with Crippen molar-refractivity contribution in [2.75, 3.05) is 18.4 Å². The van der Waals surface area contributed by atoms with Crippen molar-refractivity contribution in [3.63, 3.8) is 0 Å². The van der Waals surface area contributed by atoms with E-state index in [0.29, 0.717) is 0 Å². The minimum Gasteiger partial charge on any atom is -0.384 e. The Labute approximate surface area is 105 Å². The van der Waals surface area contributed by atoms with E-state index >= 15 is 0 Å². The van der Waals surface area contributed by atoms with E-state index in [4.69, 9.17) is 0 Å². The number of anilines is 1. The molecule has 94 valence electrons. The van der Waals surface area contributed by atoms with Gasteiger partial charge in [-0.1, -0.05) is 44.9 Å². The van der Waals surface area contributed by atoms with Crippen molar-refractivity contribution < 1.29 is 0 Å². The maximum atomic E-state index is 3.59. The molecule has 1 aliphatic rings. The Balaban J connectivity index is 1.89. The fraction of sp³-hybridized carbons (Fsp3) is 0.600. The van der Waals surface area contributed by atoms with Crippen LogP contribution in [0.5, 0.6) is 0 Å². The molecular weight excluding hydrogens is 208 g/mol. The first-order valence-electron chi connectivity index (χ1n) is 6.90. The number of hydrogen-bond donors (Lipinski definition) is 2. The Morgan fingerprint density at radius 1 is 1.29 bits per heavy atom. The smallest absolute Gasteiger partial charge is 0.0419 e. The van der Waals surface area contributed by atoms with Crippen LogP contribution >= 0.6 is 0 Å². The molecule has 0 amide bonds. The normalized spacial score (nSPS) is 13.8. The molecule has 0 aromatic heterocycles. The van der Waals surface area contributed by atoms with E-state index in [9.17, 15) is 0 Å². The summed E-state index contributed by atoms with van der Waals surface area (Å²) in [7, 11) is 0. The highest BCUT2D eigenvalue weighted by Crippen LogP contribution is 2.26. The van der Waals surface area contributed by atoms with Gasteiger partial charge in [-0.3, -0.25) is 0 Å². The molecule has 0 atom stereocenters. The highest BCUT2D eigenvalue weighted by atomic mass is 14.9. The van der Waals surface area contributed by atoms with Gasteiger partial charge in [-0.25, -0.2) is 0 Å². The maximum Gasteiger partial charge on any atom is 0.0419 e. The van der Waals surface area contributed by atoms with Crippen LogP contribution in [-0.4, -0.2) is 13.1 Å². The zero-order valence-corrected chi connectivity index (χ0v) is 11.1. The van der Waals surface area contributed by atoms with E-state index in [-0.39, 0.29) is 0 Å². The van der Waals surface area contributed by atoms with E-state index in [1.165, 1.54) is 36.1 Å². The van der Waals surface area contributed by atoms with Crippen molar-refractivity contribution in [1.29, 1.82) is 0 Å². The SMILES string of the molecule is CCC(CC)CNCc1cccc2c1NCC2. The summed E-state index contributed by atoms with van der Waals surface area (Å²) in [4.78, 5) is 0. The fourth-order valence-corrected chi connectivity index (χ4v) is 2.55. The molecule has 2 N–H and O–H groups in total.